The Kier molecular flexibility index (Phi) is 5.24. The molecule has 0 saturated carbocycles. The lowest BCUT2D eigenvalue weighted by molar-refractivity contribution is 0.379. The van der Waals surface area contributed by atoms with Gasteiger partial charge in [0.05, 0.1) is 16.1 Å². The number of hydrogen-bond donors (Lipinski definition) is 3. The molecule has 3 rings (SSSR count). The van der Waals surface area contributed by atoms with Crippen LogP contribution in [0, 0.1) is 18.8 Å². The SMILES string of the molecule is Cc1ccc(C#Cc2cc3nc(SCP(=O)(O)O)[nH]c3cc2Cl)cc1. The number of H-pyrrole nitrogens is 1. The molecule has 5 nitrogen and oxygen atoms in total. The number of aromatic amines is 1. The lowest BCUT2D eigenvalue weighted by Gasteiger charge is -1.99. The largest absolute Gasteiger partial charge is 0.335 e. The topological polar surface area (TPSA) is 86.2 Å². The first kappa shape index (κ1) is 18.1. The van der Waals surface area contributed by atoms with E-state index in [1.165, 1.54) is 5.56 Å². The van der Waals surface area contributed by atoms with Gasteiger partial charge in [0.15, 0.2) is 5.16 Å². The van der Waals surface area contributed by atoms with Gasteiger partial charge in [0.2, 0.25) is 0 Å². The average molecular weight is 393 g/mol. The number of fused-ring (bicyclic) bond motifs is 1. The Labute approximate surface area is 154 Å². The van der Waals surface area contributed by atoms with Gasteiger partial charge in [0.1, 0.15) is 5.49 Å². The molecule has 0 saturated heterocycles. The van der Waals surface area contributed by atoms with Gasteiger partial charge in [-0.05, 0) is 31.2 Å². The number of imidazole rings is 1. The van der Waals surface area contributed by atoms with Gasteiger partial charge in [0.25, 0.3) is 0 Å². The Hall–Kier alpha value is -1.74. The number of hydrogen-bond acceptors (Lipinski definition) is 3. The zero-order chi connectivity index (χ0) is 18.0. The normalized spacial score (nSPS) is 11.4. The molecule has 25 heavy (non-hydrogen) atoms. The quantitative estimate of drug-likeness (QED) is 0.354. The van der Waals surface area contributed by atoms with Crippen molar-refractivity contribution in [1.29, 1.82) is 0 Å². The number of nitrogens with one attached hydrogen (secondary N) is 1. The molecule has 3 aromatic rings. The van der Waals surface area contributed by atoms with Crippen LogP contribution in [-0.4, -0.2) is 25.2 Å². The van der Waals surface area contributed by atoms with E-state index in [1.807, 2.05) is 31.2 Å². The van der Waals surface area contributed by atoms with Gasteiger partial charge in [-0.25, -0.2) is 4.98 Å². The Morgan fingerprint density at radius 3 is 2.64 bits per heavy atom. The second-order valence-corrected chi connectivity index (χ2v) is 8.89. The predicted octanol–water partition coefficient (Wildman–Crippen LogP) is 4.15. The van der Waals surface area contributed by atoms with Crippen LogP contribution in [0.15, 0.2) is 41.6 Å². The van der Waals surface area contributed by atoms with Crippen molar-refractivity contribution in [2.75, 3.05) is 5.49 Å². The number of aryl methyl sites for hydroxylation is 1. The van der Waals surface area contributed by atoms with E-state index in [1.54, 1.807) is 12.1 Å². The first-order chi connectivity index (χ1) is 11.8. The molecular formula is C17H14ClN2O3PS. The van der Waals surface area contributed by atoms with Gasteiger partial charge < -0.3 is 14.8 Å². The molecule has 0 aliphatic heterocycles. The molecule has 0 amide bonds. The average Bonchev–Trinajstić information content (AvgIpc) is 2.93. The minimum absolute atomic E-state index is 0.333. The molecule has 128 valence electrons. The molecule has 0 radical (unpaired) electrons. The summed E-state index contributed by atoms with van der Waals surface area (Å²) in [7, 11) is -4.09. The highest BCUT2D eigenvalue weighted by Gasteiger charge is 2.15. The van der Waals surface area contributed by atoms with Gasteiger partial charge in [-0.3, -0.25) is 4.57 Å². The molecule has 0 spiro atoms. The van der Waals surface area contributed by atoms with Crippen LogP contribution in [0.2, 0.25) is 5.02 Å². The van der Waals surface area contributed by atoms with Crippen molar-refractivity contribution in [2.45, 2.75) is 12.1 Å². The third-order valence-corrected chi connectivity index (χ3v) is 5.95. The molecule has 0 unspecified atom stereocenters. The number of thioether (sulfide) groups is 1. The van der Waals surface area contributed by atoms with Crippen LogP contribution in [0.5, 0.6) is 0 Å². The molecule has 1 heterocycles. The summed E-state index contributed by atoms with van der Waals surface area (Å²) in [5, 5.41) is 0.917. The summed E-state index contributed by atoms with van der Waals surface area (Å²) in [6, 6.07) is 11.3. The first-order valence-electron chi connectivity index (χ1n) is 7.25. The van der Waals surface area contributed by atoms with E-state index in [-0.39, 0.29) is 5.49 Å². The second-order valence-electron chi connectivity index (χ2n) is 5.45. The highest BCUT2D eigenvalue weighted by molar-refractivity contribution is 8.04. The molecular weight excluding hydrogens is 379 g/mol. The smallest absolute Gasteiger partial charge is 0.333 e. The van der Waals surface area contributed by atoms with E-state index < -0.39 is 7.60 Å². The van der Waals surface area contributed by atoms with Crippen molar-refractivity contribution in [3.63, 3.8) is 0 Å². The molecule has 0 aliphatic carbocycles. The van der Waals surface area contributed by atoms with Crippen LogP contribution >= 0.6 is 31.0 Å². The second kappa shape index (κ2) is 7.25. The maximum atomic E-state index is 11.0. The summed E-state index contributed by atoms with van der Waals surface area (Å²) in [6.45, 7) is 2.02. The fourth-order valence-electron chi connectivity index (χ4n) is 2.09. The van der Waals surface area contributed by atoms with Crippen LogP contribution < -0.4 is 0 Å². The van der Waals surface area contributed by atoms with Crippen molar-refractivity contribution in [3.8, 4) is 11.8 Å². The van der Waals surface area contributed by atoms with Crippen molar-refractivity contribution in [3.05, 3.63) is 58.1 Å². The maximum absolute atomic E-state index is 11.0. The zero-order valence-electron chi connectivity index (χ0n) is 13.2. The maximum Gasteiger partial charge on any atom is 0.335 e. The van der Waals surface area contributed by atoms with E-state index in [0.717, 1.165) is 17.3 Å². The third-order valence-electron chi connectivity index (χ3n) is 3.31. The molecule has 1 aromatic heterocycles. The predicted molar refractivity (Wildman–Crippen MR) is 101 cm³/mol. The summed E-state index contributed by atoms with van der Waals surface area (Å²) in [5.41, 5.74) is 3.71. The van der Waals surface area contributed by atoms with Gasteiger partial charge in [-0.15, -0.1) is 0 Å². The standard InChI is InChI=1S/C17H14ClN2O3PS/c1-11-2-4-12(5-3-11)6-7-13-8-15-16(9-14(13)18)20-17(19-15)25-10-24(21,22)23/h2-5,8-9H,10H2,1H3,(H,19,20)(H2,21,22,23). The number of benzene rings is 2. The van der Waals surface area contributed by atoms with Crippen LogP contribution in [0.1, 0.15) is 16.7 Å². The molecule has 0 atom stereocenters. The van der Waals surface area contributed by atoms with Crippen molar-refractivity contribution in [1.82, 2.24) is 9.97 Å². The molecule has 0 aliphatic rings. The summed E-state index contributed by atoms with van der Waals surface area (Å²) in [6.07, 6.45) is 0. The van der Waals surface area contributed by atoms with E-state index in [4.69, 9.17) is 21.4 Å². The fraction of sp³-hybridized carbons (Fsp3) is 0.118. The molecule has 0 bridgehead atoms. The number of nitrogens with zero attached hydrogens (tertiary/aromatic N) is 1. The third kappa shape index (κ3) is 4.88. The summed E-state index contributed by atoms with van der Waals surface area (Å²) in [5.74, 6) is 6.10. The van der Waals surface area contributed by atoms with E-state index >= 15 is 0 Å². The lowest BCUT2D eigenvalue weighted by Crippen LogP contribution is -1.83. The molecule has 8 heteroatoms. The molecule has 3 N–H and O–H groups in total. The van der Waals surface area contributed by atoms with Crippen molar-refractivity contribution in [2.24, 2.45) is 0 Å². The molecule has 0 fully saturated rings. The fourth-order valence-corrected chi connectivity index (χ4v) is 3.81. The molecule has 2 aromatic carbocycles. The van der Waals surface area contributed by atoms with E-state index in [0.29, 0.717) is 26.8 Å². The van der Waals surface area contributed by atoms with Crippen LogP contribution in [0.25, 0.3) is 11.0 Å². The van der Waals surface area contributed by atoms with Crippen LogP contribution in [-0.2, 0) is 4.57 Å². The number of aromatic nitrogens is 2. The monoisotopic (exact) mass is 392 g/mol. The van der Waals surface area contributed by atoms with Crippen LogP contribution in [0.4, 0.5) is 0 Å². The highest BCUT2D eigenvalue weighted by atomic mass is 35.5. The number of halogens is 1. The minimum atomic E-state index is -4.09. The van der Waals surface area contributed by atoms with Crippen LogP contribution in [0.3, 0.4) is 0 Å². The van der Waals surface area contributed by atoms with Gasteiger partial charge in [0, 0.05) is 11.1 Å². The Morgan fingerprint density at radius 2 is 1.96 bits per heavy atom. The first-order valence-corrected chi connectivity index (χ1v) is 10.4. The summed E-state index contributed by atoms with van der Waals surface area (Å²) >= 11 is 7.24. The van der Waals surface area contributed by atoms with Crippen molar-refractivity contribution < 1.29 is 14.4 Å². The lowest BCUT2D eigenvalue weighted by atomic mass is 10.1. The van der Waals surface area contributed by atoms with Gasteiger partial charge in [-0.2, -0.15) is 0 Å². The van der Waals surface area contributed by atoms with E-state index in [9.17, 15) is 4.57 Å². The minimum Gasteiger partial charge on any atom is -0.333 e. The van der Waals surface area contributed by atoms with Gasteiger partial charge >= 0.3 is 7.60 Å². The zero-order valence-corrected chi connectivity index (χ0v) is 15.6. The Balaban J connectivity index is 1.88. The van der Waals surface area contributed by atoms with E-state index in [2.05, 4.69) is 21.8 Å². The van der Waals surface area contributed by atoms with Crippen molar-refractivity contribution >= 4 is 42.0 Å². The summed E-state index contributed by atoms with van der Waals surface area (Å²) in [4.78, 5) is 25.2. The van der Waals surface area contributed by atoms with Gasteiger partial charge in [-0.1, -0.05) is 52.9 Å². The Bertz CT molecular complexity index is 1030. The Morgan fingerprint density at radius 1 is 1.24 bits per heavy atom. The number of rotatable bonds is 3. The summed E-state index contributed by atoms with van der Waals surface area (Å²) < 4.78 is 11.0. The highest BCUT2D eigenvalue weighted by Crippen LogP contribution is 2.40.